The molecule has 3 aromatic carbocycles. The third-order valence-corrected chi connectivity index (χ3v) is 4.56. The highest BCUT2D eigenvalue weighted by atomic mass is 16.5. The number of ether oxygens (including phenoxy) is 1. The zero-order valence-corrected chi connectivity index (χ0v) is 15.8. The Balaban J connectivity index is 2.14. The summed E-state index contributed by atoms with van der Waals surface area (Å²) in [6.45, 7) is 1.96. The molecule has 28 heavy (non-hydrogen) atoms. The standard InChI is InChI=1S/C24H23NO3/c1-2-28-23(27)18-22(26)25-24(19-12-6-3-7-13-19,20-14-8-4-9-15-20)21-16-10-5-11-17-21/h3-17H,2,18H2,1H3,(H,25,26). The lowest BCUT2D eigenvalue weighted by Crippen LogP contribution is -2.48. The van der Waals surface area contributed by atoms with E-state index < -0.39 is 17.4 Å². The molecule has 4 heteroatoms. The van der Waals surface area contributed by atoms with Crippen molar-refractivity contribution in [3.8, 4) is 0 Å². The zero-order valence-electron chi connectivity index (χ0n) is 15.8. The molecule has 0 aliphatic rings. The fraction of sp³-hybridized carbons (Fsp3) is 0.167. The van der Waals surface area contributed by atoms with Crippen molar-refractivity contribution in [3.63, 3.8) is 0 Å². The number of carbonyl (C=O) groups is 2. The van der Waals surface area contributed by atoms with Crippen molar-refractivity contribution in [1.82, 2.24) is 5.32 Å². The van der Waals surface area contributed by atoms with E-state index in [9.17, 15) is 9.59 Å². The molecule has 0 atom stereocenters. The molecule has 0 heterocycles. The third-order valence-electron chi connectivity index (χ3n) is 4.56. The van der Waals surface area contributed by atoms with Gasteiger partial charge in [-0.05, 0) is 23.6 Å². The van der Waals surface area contributed by atoms with E-state index in [-0.39, 0.29) is 13.0 Å². The van der Waals surface area contributed by atoms with E-state index in [1.54, 1.807) is 6.92 Å². The summed E-state index contributed by atoms with van der Waals surface area (Å²) in [5, 5.41) is 3.13. The van der Waals surface area contributed by atoms with Crippen LogP contribution in [0.25, 0.3) is 0 Å². The van der Waals surface area contributed by atoms with E-state index in [0.717, 1.165) is 16.7 Å². The monoisotopic (exact) mass is 373 g/mol. The maximum Gasteiger partial charge on any atom is 0.315 e. The number of benzene rings is 3. The van der Waals surface area contributed by atoms with Gasteiger partial charge >= 0.3 is 5.97 Å². The molecule has 1 amide bonds. The first-order valence-electron chi connectivity index (χ1n) is 9.30. The van der Waals surface area contributed by atoms with Crippen LogP contribution in [0.1, 0.15) is 30.0 Å². The van der Waals surface area contributed by atoms with Crippen LogP contribution in [-0.2, 0) is 19.9 Å². The first-order chi connectivity index (χ1) is 13.7. The molecule has 4 nitrogen and oxygen atoms in total. The largest absolute Gasteiger partial charge is 0.466 e. The summed E-state index contributed by atoms with van der Waals surface area (Å²) in [4.78, 5) is 24.7. The summed E-state index contributed by atoms with van der Waals surface area (Å²) in [5.74, 6) is -0.932. The van der Waals surface area contributed by atoms with E-state index in [4.69, 9.17) is 4.74 Å². The Morgan fingerprint density at radius 3 is 1.50 bits per heavy atom. The Morgan fingerprint density at radius 2 is 1.14 bits per heavy atom. The normalized spacial score (nSPS) is 10.9. The molecule has 0 radical (unpaired) electrons. The summed E-state index contributed by atoms with van der Waals surface area (Å²) in [5.41, 5.74) is 1.80. The second kappa shape index (κ2) is 9.00. The molecule has 3 rings (SSSR count). The zero-order chi connectivity index (χ0) is 19.8. The lowest BCUT2D eigenvalue weighted by Gasteiger charge is -2.36. The Morgan fingerprint density at radius 1 is 0.750 bits per heavy atom. The van der Waals surface area contributed by atoms with Crippen molar-refractivity contribution in [3.05, 3.63) is 108 Å². The van der Waals surface area contributed by atoms with Gasteiger partial charge in [0.15, 0.2) is 0 Å². The van der Waals surface area contributed by atoms with Gasteiger partial charge in [-0.25, -0.2) is 0 Å². The lowest BCUT2D eigenvalue weighted by atomic mass is 9.77. The van der Waals surface area contributed by atoms with Crippen LogP contribution in [0.4, 0.5) is 0 Å². The number of hydrogen-bond acceptors (Lipinski definition) is 3. The fourth-order valence-electron chi connectivity index (χ4n) is 3.38. The van der Waals surface area contributed by atoms with Crippen LogP contribution < -0.4 is 5.32 Å². The highest BCUT2D eigenvalue weighted by Crippen LogP contribution is 2.36. The van der Waals surface area contributed by atoms with Crippen LogP contribution in [0.15, 0.2) is 91.0 Å². The van der Waals surface area contributed by atoms with Gasteiger partial charge in [0, 0.05) is 0 Å². The highest BCUT2D eigenvalue weighted by molar-refractivity contribution is 5.95. The van der Waals surface area contributed by atoms with Crippen LogP contribution >= 0.6 is 0 Å². The SMILES string of the molecule is CCOC(=O)CC(=O)NC(c1ccccc1)(c1ccccc1)c1ccccc1. The molecule has 0 spiro atoms. The number of amides is 1. The van der Waals surface area contributed by atoms with Crippen molar-refractivity contribution >= 4 is 11.9 Å². The van der Waals surface area contributed by atoms with Crippen LogP contribution in [0, 0.1) is 0 Å². The summed E-state index contributed by atoms with van der Waals surface area (Å²) in [6.07, 6.45) is -0.331. The minimum atomic E-state index is -0.923. The fourth-order valence-corrected chi connectivity index (χ4v) is 3.38. The van der Waals surface area contributed by atoms with Crippen molar-refractivity contribution in [2.45, 2.75) is 18.9 Å². The first-order valence-corrected chi connectivity index (χ1v) is 9.30. The van der Waals surface area contributed by atoms with Crippen LogP contribution in [0.2, 0.25) is 0 Å². The molecule has 0 fully saturated rings. The van der Waals surface area contributed by atoms with Crippen molar-refractivity contribution in [1.29, 1.82) is 0 Å². The summed E-state index contributed by atoms with van der Waals surface area (Å²) in [6, 6.07) is 29.3. The molecular formula is C24H23NO3. The topological polar surface area (TPSA) is 55.4 Å². The molecule has 3 aromatic rings. The predicted octanol–water partition coefficient (Wildman–Crippen LogP) is 4.05. The van der Waals surface area contributed by atoms with E-state index in [0.29, 0.717) is 0 Å². The van der Waals surface area contributed by atoms with Gasteiger partial charge in [0.1, 0.15) is 12.0 Å². The number of carbonyl (C=O) groups excluding carboxylic acids is 2. The van der Waals surface area contributed by atoms with Crippen LogP contribution in [0.3, 0.4) is 0 Å². The van der Waals surface area contributed by atoms with Gasteiger partial charge in [0.2, 0.25) is 5.91 Å². The molecule has 0 saturated heterocycles. The first kappa shape index (κ1) is 19.4. The maximum absolute atomic E-state index is 12.9. The molecule has 1 N–H and O–H groups in total. The lowest BCUT2D eigenvalue weighted by molar-refractivity contribution is -0.146. The second-order valence-electron chi connectivity index (χ2n) is 6.38. The summed E-state index contributed by atoms with van der Waals surface area (Å²) in [7, 11) is 0. The highest BCUT2D eigenvalue weighted by Gasteiger charge is 2.38. The summed E-state index contributed by atoms with van der Waals surface area (Å²) < 4.78 is 4.94. The van der Waals surface area contributed by atoms with Crippen LogP contribution in [-0.4, -0.2) is 18.5 Å². The molecule has 0 saturated carbocycles. The average molecular weight is 373 g/mol. The number of rotatable bonds is 7. The molecule has 0 aliphatic heterocycles. The van der Waals surface area contributed by atoms with E-state index in [1.807, 2.05) is 91.0 Å². The van der Waals surface area contributed by atoms with Gasteiger partial charge in [-0.15, -0.1) is 0 Å². The van der Waals surface area contributed by atoms with E-state index in [1.165, 1.54) is 0 Å². The number of nitrogens with one attached hydrogen (secondary N) is 1. The van der Waals surface area contributed by atoms with Gasteiger partial charge in [0.05, 0.1) is 6.61 Å². The Kier molecular flexibility index (Phi) is 6.22. The summed E-state index contributed by atoms with van der Waals surface area (Å²) >= 11 is 0. The predicted molar refractivity (Wildman–Crippen MR) is 109 cm³/mol. The second-order valence-corrected chi connectivity index (χ2v) is 6.38. The van der Waals surface area contributed by atoms with Crippen molar-refractivity contribution in [2.75, 3.05) is 6.61 Å². The van der Waals surface area contributed by atoms with Gasteiger partial charge in [-0.3, -0.25) is 9.59 Å². The average Bonchev–Trinajstić information content (AvgIpc) is 2.74. The molecule has 0 aromatic heterocycles. The Hall–Kier alpha value is -3.40. The maximum atomic E-state index is 12.9. The Labute approximate surface area is 165 Å². The minimum absolute atomic E-state index is 0.243. The van der Waals surface area contributed by atoms with Crippen LogP contribution in [0.5, 0.6) is 0 Å². The van der Waals surface area contributed by atoms with E-state index in [2.05, 4.69) is 5.32 Å². The van der Waals surface area contributed by atoms with Gasteiger partial charge in [0.25, 0.3) is 0 Å². The van der Waals surface area contributed by atoms with Gasteiger partial charge in [-0.2, -0.15) is 0 Å². The van der Waals surface area contributed by atoms with E-state index >= 15 is 0 Å². The van der Waals surface area contributed by atoms with Gasteiger partial charge in [-0.1, -0.05) is 91.0 Å². The number of esters is 1. The molecule has 0 unspecified atom stereocenters. The third kappa shape index (κ3) is 4.12. The molecule has 0 aliphatic carbocycles. The van der Waals surface area contributed by atoms with Crippen molar-refractivity contribution in [2.24, 2.45) is 0 Å². The molecule has 0 bridgehead atoms. The van der Waals surface area contributed by atoms with Gasteiger partial charge < -0.3 is 10.1 Å². The number of hydrogen-bond donors (Lipinski definition) is 1. The molecular weight excluding hydrogens is 350 g/mol. The minimum Gasteiger partial charge on any atom is -0.466 e. The molecule has 142 valence electrons. The van der Waals surface area contributed by atoms with Crippen molar-refractivity contribution < 1.29 is 14.3 Å². The smallest absolute Gasteiger partial charge is 0.315 e. The Bertz CT molecular complexity index is 812. The quantitative estimate of drug-likeness (QED) is 0.386.